The number of anilines is 1. The van der Waals surface area contributed by atoms with Gasteiger partial charge in [0, 0.05) is 49.9 Å². The van der Waals surface area contributed by atoms with E-state index in [0.717, 1.165) is 35.5 Å². The van der Waals surface area contributed by atoms with Gasteiger partial charge >= 0.3 is 0 Å². The van der Waals surface area contributed by atoms with Gasteiger partial charge in [-0.1, -0.05) is 0 Å². The first-order valence-electron chi connectivity index (χ1n) is 6.62. The molecule has 1 aliphatic heterocycles. The van der Waals surface area contributed by atoms with Crippen molar-refractivity contribution in [3.8, 4) is 11.1 Å². The van der Waals surface area contributed by atoms with Crippen LogP contribution in [0.4, 0.5) is 5.82 Å². The van der Waals surface area contributed by atoms with Gasteiger partial charge in [-0.3, -0.25) is 4.98 Å². The van der Waals surface area contributed by atoms with Crippen LogP contribution in [-0.2, 0) is 13.0 Å². The molecule has 0 atom stereocenters. The van der Waals surface area contributed by atoms with E-state index in [1.807, 2.05) is 18.6 Å². The van der Waals surface area contributed by atoms with E-state index >= 15 is 0 Å². The van der Waals surface area contributed by atoms with Gasteiger partial charge in [-0.25, -0.2) is 4.98 Å². The molecule has 0 fully saturated rings. The molecule has 0 amide bonds. The molecule has 0 aromatic carbocycles. The van der Waals surface area contributed by atoms with Gasteiger partial charge in [0.2, 0.25) is 0 Å². The third kappa shape index (κ3) is 2.31. The molecule has 98 valence electrons. The summed E-state index contributed by atoms with van der Waals surface area (Å²) in [5.74, 6) is 1.11. The van der Waals surface area contributed by atoms with E-state index in [4.69, 9.17) is 5.73 Å². The number of nitrogens with zero attached hydrogens (tertiary/aromatic N) is 3. The third-order valence-corrected chi connectivity index (χ3v) is 3.61. The van der Waals surface area contributed by atoms with E-state index in [9.17, 15) is 0 Å². The first-order chi connectivity index (χ1) is 9.28. The number of hydrogen-bond acceptors (Lipinski definition) is 4. The summed E-state index contributed by atoms with van der Waals surface area (Å²) < 4.78 is 0. The van der Waals surface area contributed by atoms with Crippen molar-refractivity contribution < 1.29 is 0 Å². The van der Waals surface area contributed by atoms with E-state index < -0.39 is 0 Å². The lowest BCUT2D eigenvalue weighted by Gasteiger charge is -2.26. The zero-order valence-corrected chi connectivity index (χ0v) is 11.1. The van der Waals surface area contributed by atoms with Gasteiger partial charge in [-0.05, 0) is 36.1 Å². The van der Waals surface area contributed by atoms with Crippen molar-refractivity contribution in [2.45, 2.75) is 19.4 Å². The summed E-state index contributed by atoms with van der Waals surface area (Å²) in [5, 5.41) is 0. The molecule has 0 unspecified atom stereocenters. The summed E-state index contributed by atoms with van der Waals surface area (Å²) >= 11 is 0. The minimum absolute atomic E-state index is 0.516. The van der Waals surface area contributed by atoms with Gasteiger partial charge < -0.3 is 10.6 Å². The van der Waals surface area contributed by atoms with Crippen molar-refractivity contribution >= 4 is 5.82 Å². The highest BCUT2D eigenvalue weighted by Gasteiger charge is 2.15. The smallest absolute Gasteiger partial charge is 0.131 e. The summed E-state index contributed by atoms with van der Waals surface area (Å²) in [5.41, 5.74) is 10.2. The Morgan fingerprint density at radius 3 is 2.89 bits per heavy atom. The number of aromatic nitrogens is 2. The van der Waals surface area contributed by atoms with Gasteiger partial charge in [-0.2, -0.15) is 0 Å². The second-order valence-electron chi connectivity index (χ2n) is 5.02. The van der Waals surface area contributed by atoms with Crippen LogP contribution in [0, 0.1) is 0 Å². The molecule has 19 heavy (non-hydrogen) atoms. The Morgan fingerprint density at radius 1 is 1.21 bits per heavy atom. The molecule has 0 spiro atoms. The second-order valence-corrected chi connectivity index (χ2v) is 5.02. The molecule has 0 saturated carbocycles. The lowest BCUT2D eigenvalue weighted by atomic mass is 10.0. The van der Waals surface area contributed by atoms with Crippen LogP contribution in [0.15, 0.2) is 30.7 Å². The lowest BCUT2D eigenvalue weighted by Crippen LogP contribution is -2.25. The van der Waals surface area contributed by atoms with Crippen molar-refractivity contribution in [2.75, 3.05) is 18.5 Å². The van der Waals surface area contributed by atoms with Crippen LogP contribution in [0.5, 0.6) is 0 Å². The summed E-state index contributed by atoms with van der Waals surface area (Å²) in [7, 11) is 2.10. The molecule has 0 aliphatic carbocycles. The van der Waals surface area contributed by atoms with Crippen molar-refractivity contribution in [3.63, 3.8) is 0 Å². The standard InChI is InChI=1S/C15H18N4/c1-19-4-2-3-12-6-14(10-18-15(12)19)13-5-11(7-16)8-17-9-13/h5-6,8-10H,2-4,7,16H2,1H3. The molecule has 4 heteroatoms. The molecule has 2 aromatic rings. The Balaban J connectivity index is 2.01. The normalized spacial score (nSPS) is 14.3. The van der Waals surface area contributed by atoms with Gasteiger partial charge in [0.15, 0.2) is 0 Å². The number of pyridine rings is 2. The van der Waals surface area contributed by atoms with Gasteiger partial charge in [0.1, 0.15) is 5.82 Å². The van der Waals surface area contributed by atoms with Crippen LogP contribution >= 0.6 is 0 Å². The predicted molar refractivity (Wildman–Crippen MR) is 77.0 cm³/mol. The Labute approximate surface area is 113 Å². The molecule has 0 bridgehead atoms. The minimum Gasteiger partial charge on any atom is -0.359 e. The van der Waals surface area contributed by atoms with E-state index in [-0.39, 0.29) is 0 Å². The van der Waals surface area contributed by atoms with E-state index in [1.54, 1.807) is 0 Å². The van der Waals surface area contributed by atoms with Crippen molar-refractivity contribution in [1.29, 1.82) is 0 Å². The van der Waals surface area contributed by atoms with E-state index in [1.165, 1.54) is 12.0 Å². The molecule has 2 N–H and O–H groups in total. The molecule has 3 heterocycles. The highest BCUT2D eigenvalue weighted by Crippen LogP contribution is 2.28. The Hall–Kier alpha value is -1.94. The number of nitrogens with two attached hydrogens (primary N) is 1. The highest BCUT2D eigenvalue weighted by atomic mass is 15.2. The van der Waals surface area contributed by atoms with Gasteiger partial charge in [-0.15, -0.1) is 0 Å². The zero-order chi connectivity index (χ0) is 13.2. The van der Waals surface area contributed by atoms with Crippen LogP contribution in [0.25, 0.3) is 11.1 Å². The fraction of sp³-hybridized carbons (Fsp3) is 0.333. The van der Waals surface area contributed by atoms with Gasteiger partial charge in [0.05, 0.1) is 0 Å². The average Bonchev–Trinajstić information content (AvgIpc) is 2.47. The van der Waals surface area contributed by atoms with E-state index in [0.29, 0.717) is 6.54 Å². The van der Waals surface area contributed by atoms with Crippen LogP contribution in [-0.4, -0.2) is 23.6 Å². The molecule has 4 nitrogen and oxygen atoms in total. The monoisotopic (exact) mass is 254 g/mol. The molecule has 3 rings (SSSR count). The number of fused-ring (bicyclic) bond motifs is 1. The van der Waals surface area contributed by atoms with E-state index in [2.05, 4.69) is 34.0 Å². The predicted octanol–water partition coefficient (Wildman–Crippen LogP) is 1.98. The van der Waals surface area contributed by atoms with Crippen LogP contribution in [0.2, 0.25) is 0 Å². The number of rotatable bonds is 2. The van der Waals surface area contributed by atoms with Crippen molar-refractivity contribution in [3.05, 3.63) is 41.9 Å². The molecular weight excluding hydrogens is 236 g/mol. The average molecular weight is 254 g/mol. The number of aryl methyl sites for hydroxylation is 1. The Kier molecular flexibility index (Phi) is 3.17. The maximum absolute atomic E-state index is 5.66. The Morgan fingerprint density at radius 2 is 2.05 bits per heavy atom. The van der Waals surface area contributed by atoms with Crippen LogP contribution in [0.1, 0.15) is 17.5 Å². The molecule has 0 radical (unpaired) electrons. The Bertz CT molecular complexity index is 594. The lowest BCUT2D eigenvalue weighted by molar-refractivity contribution is 0.731. The maximum atomic E-state index is 5.66. The SMILES string of the molecule is CN1CCCc2cc(-c3cncc(CN)c3)cnc21. The zero-order valence-electron chi connectivity index (χ0n) is 11.1. The quantitative estimate of drug-likeness (QED) is 0.890. The molecule has 2 aromatic heterocycles. The molecule has 0 saturated heterocycles. The first-order valence-corrected chi connectivity index (χ1v) is 6.62. The summed E-state index contributed by atoms with van der Waals surface area (Å²) in [6.45, 7) is 1.60. The summed E-state index contributed by atoms with van der Waals surface area (Å²) in [6, 6.07) is 4.32. The van der Waals surface area contributed by atoms with Crippen LogP contribution < -0.4 is 10.6 Å². The molecular formula is C15H18N4. The van der Waals surface area contributed by atoms with Crippen molar-refractivity contribution in [2.24, 2.45) is 5.73 Å². The van der Waals surface area contributed by atoms with Gasteiger partial charge in [0.25, 0.3) is 0 Å². The third-order valence-electron chi connectivity index (χ3n) is 3.61. The first kappa shape index (κ1) is 12.1. The minimum atomic E-state index is 0.516. The summed E-state index contributed by atoms with van der Waals surface area (Å²) in [4.78, 5) is 11.1. The fourth-order valence-electron chi connectivity index (χ4n) is 2.56. The second kappa shape index (κ2) is 4.97. The maximum Gasteiger partial charge on any atom is 0.131 e. The topological polar surface area (TPSA) is 55.0 Å². The largest absolute Gasteiger partial charge is 0.359 e. The van der Waals surface area contributed by atoms with Crippen LogP contribution in [0.3, 0.4) is 0 Å². The molecule has 1 aliphatic rings. The summed E-state index contributed by atoms with van der Waals surface area (Å²) in [6.07, 6.45) is 7.90. The fourth-order valence-corrected chi connectivity index (χ4v) is 2.56. The number of hydrogen-bond donors (Lipinski definition) is 1. The van der Waals surface area contributed by atoms with Crippen molar-refractivity contribution in [1.82, 2.24) is 9.97 Å². The highest BCUT2D eigenvalue weighted by molar-refractivity contribution is 5.66.